The highest BCUT2D eigenvalue weighted by Gasteiger charge is 2.17. The molecule has 7 heteroatoms. The van der Waals surface area contributed by atoms with Gasteiger partial charge in [0, 0.05) is 17.6 Å². The molecule has 0 amide bonds. The minimum Gasteiger partial charge on any atom is -0.493 e. The largest absolute Gasteiger partial charge is 0.493 e. The van der Waals surface area contributed by atoms with Gasteiger partial charge in [-0.3, -0.25) is 9.78 Å². The summed E-state index contributed by atoms with van der Waals surface area (Å²) in [5, 5.41) is 9.81. The maximum Gasteiger partial charge on any atom is 0.306 e. The van der Waals surface area contributed by atoms with Crippen LogP contribution in [0.4, 0.5) is 0 Å². The van der Waals surface area contributed by atoms with E-state index in [0.29, 0.717) is 18.2 Å². The van der Waals surface area contributed by atoms with E-state index in [4.69, 9.17) is 20.6 Å². The van der Waals surface area contributed by atoms with Crippen LogP contribution in [0.25, 0.3) is 22.0 Å². The van der Waals surface area contributed by atoms with E-state index in [1.54, 1.807) is 0 Å². The smallest absolute Gasteiger partial charge is 0.306 e. The number of rotatable bonds is 8. The highest BCUT2D eigenvalue weighted by Crippen LogP contribution is 2.36. The Kier molecular flexibility index (Phi) is 10.2. The van der Waals surface area contributed by atoms with Crippen molar-refractivity contribution in [2.45, 2.75) is 40.2 Å². The van der Waals surface area contributed by atoms with Crippen LogP contribution in [-0.4, -0.2) is 22.7 Å². The molecule has 3 N–H and O–H groups in total. The Hall–Kier alpha value is -2.34. The second-order valence-electron chi connectivity index (χ2n) is 7.75. The fourth-order valence-corrected chi connectivity index (χ4v) is 3.50. The van der Waals surface area contributed by atoms with Crippen LogP contribution in [0, 0.1) is 12.8 Å². The summed E-state index contributed by atoms with van der Waals surface area (Å²) in [5.41, 5.74) is 12.5. The predicted octanol–water partition coefficient (Wildman–Crippen LogP) is 5.56. The van der Waals surface area contributed by atoms with Crippen LogP contribution in [0.1, 0.15) is 37.1 Å². The Morgan fingerprint density at radius 1 is 1.13 bits per heavy atom. The summed E-state index contributed by atoms with van der Waals surface area (Å²) < 4.78 is 5.66. The molecule has 0 spiro atoms. The van der Waals surface area contributed by atoms with Crippen LogP contribution >= 0.6 is 24.8 Å². The van der Waals surface area contributed by atoms with Gasteiger partial charge in [-0.25, -0.2) is 0 Å². The van der Waals surface area contributed by atoms with Crippen LogP contribution in [0.15, 0.2) is 42.5 Å². The zero-order valence-corrected chi connectivity index (χ0v) is 19.7. The first-order chi connectivity index (χ1) is 13.9. The molecule has 31 heavy (non-hydrogen) atoms. The van der Waals surface area contributed by atoms with Gasteiger partial charge in [0.25, 0.3) is 0 Å². The van der Waals surface area contributed by atoms with Crippen molar-refractivity contribution in [3.8, 4) is 16.9 Å². The molecule has 0 atom stereocenters. The van der Waals surface area contributed by atoms with Crippen molar-refractivity contribution in [3.05, 3.63) is 59.3 Å². The molecule has 0 bridgehead atoms. The number of ether oxygens (including phenoxy) is 1. The van der Waals surface area contributed by atoms with Crippen LogP contribution in [0.2, 0.25) is 0 Å². The summed E-state index contributed by atoms with van der Waals surface area (Å²) in [6.07, 6.45) is 0.820. The maximum atomic E-state index is 10.8. The quantitative estimate of drug-likeness (QED) is 0.455. The first kappa shape index (κ1) is 26.7. The lowest BCUT2D eigenvalue weighted by molar-refractivity contribution is -0.137. The number of hydrogen-bond acceptors (Lipinski definition) is 4. The molecule has 0 saturated carbocycles. The molecule has 0 saturated heterocycles. The molecule has 0 fully saturated rings. The highest BCUT2D eigenvalue weighted by atomic mass is 35.5. The van der Waals surface area contributed by atoms with Gasteiger partial charge in [-0.2, -0.15) is 0 Å². The Labute approximate surface area is 195 Å². The third kappa shape index (κ3) is 6.57. The zero-order chi connectivity index (χ0) is 21.0. The minimum absolute atomic E-state index is 0. The number of carbonyl (C=O) groups is 1. The second kappa shape index (κ2) is 11.9. The summed E-state index contributed by atoms with van der Waals surface area (Å²) in [7, 11) is 0. The second-order valence-corrected chi connectivity index (χ2v) is 7.75. The number of nitrogens with zero attached hydrogens (tertiary/aromatic N) is 1. The summed E-state index contributed by atoms with van der Waals surface area (Å²) in [6.45, 7) is 6.95. The monoisotopic (exact) mass is 464 g/mol. The van der Waals surface area contributed by atoms with Crippen LogP contribution in [0.3, 0.4) is 0 Å². The highest BCUT2D eigenvalue weighted by molar-refractivity contribution is 5.97. The molecule has 1 aromatic heterocycles. The average Bonchev–Trinajstić information content (AvgIpc) is 2.67. The van der Waals surface area contributed by atoms with Gasteiger partial charge in [-0.15, -0.1) is 24.8 Å². The van der Waals surface area contributed by atoms with Crippen molar-refractivity contribution in [1.82, 2.24) is 4.98 Å². The minimum atomic E-state index is -0.878. The van der Waals surface area contributed by atoms with E-state index in [-0.39, 0.29) is 37.8 Å². The summed E-state index contributed by atoms with van der Waals surface area (Å²) in [4.78, 5) is 15.7. The summed E-state index contributed by atoms with van der Waals surface area (Å²) >= 11 is 0. The lowest BCUT2D eigenvalue weighted by Gasteiger charge is -2.18. The van der Waals surface area contributed by atoms with Crippen LogP contribution in [0.5, 0.6) is 5.75 Å². The van der Waals surface area contributed by atoms with Gasteiger partial charge in [0.1, 0.15) is 5.75 Å². The van der Waals surface area contributed by atoms with Crippen molar-refractivity contribution in [2.75, 3.05) is 6.61 Å². The number of benzene rings is 2. The molecule has 168 valence electrons. The number of aromatic nitrogens is 1. The molecule has 0 radical (unpaired) electrons. The van der Waals surface area contributed by atoms with Crippen molar-refractivity contribution in [2.24, 2.45) is 11.7 Å². The maximum absolute atomic E-state index is 10.8. The van der Waals surface area contributed by atoms with E-state index in [0.717, 1.165) is 39.7 Å². The van der Waals surface area contributed by atoms with Gasteiger partial charge in [0.2, 0.25) is 0 Å². The van der Waals surface area contributed by atoms with Gasteiger partial charge in [-0.05, 0) is 54.2 Å². The number of carboxylic acid groups (broad SMARTS) is 1. The van der Waals surface area contributed by atoms with Crippen molar-refractivity contribution >= 4 is 41.7 Å². The van der Waals surface area contributed by atoms with E-state index < -0.39 is 5.97 Å². The molecule has 3 aromatic rings. The van der Waals surface area contributed by atoms with E-state index in [9.17, 15) is 4.79 Å². The average molecular weight is 465 g/mol. The summed E-state index contributed by atoms with van der Waals surface area (Å²) in [5.74, 6) is 0.222. The number of nitrogens with two attached hydrogens (primary N) is 1. The topological polar surface area (TPSA) is 85.4 Å². The molecule has 2 aromatic carbocycles. The molecule has 0 aliphatic carbocycles. The molecule has 0 aliphatic rings. The van der Waals surface area contributed by atoms with Crippen molar-refractivity contribution in [1.29, 1.82) is 0 Å². The number of halogens is 2. The number of pyridine rings is 1. The van der Waals surface area contributed by atoms with Gasteiger partial charge >= 0.3 is 5.97 Å². The lowest BCUT2D eigenvalue weighted by Crippen LogP contribution is -2.10. The molecule has 0 aliphatic heterocycles. The Balaban J connectivity index is 0.00000240. The van der Waals surface area contributed by atoms with Gasteiger partial charge in [0.05, 0.1) is 18.5 Å². The van der Waals surface area contributed by atoms with Crippen LogP contribution < -0.4 is 10.5 Å². The fraction of sp³-hybridized carbons (Fsp3) is 0.333. The fourth-order valence-electron chi connectivity index (χ4n) is 3.50. The molecule has 0 unspecified atom stereocenters. The standard InChI is InChI=1S/C24H28N2O3.2ClH/c1-15(2)12-22-20(14-25)24(17-6-4-16(3)5-7-17)19-13-18(8-9-21(19)26-22)29-11-10-23(27)28;;/h4-9,13,15H,10-12,14,25H2,1-3H3,(H,27,28);2*1H. The number of fused-ring (bicyclic) bond motifs is 1. The normalized spacial score (nSPS) is 10.5. The predicted molar refractivity (Wildman–Crippen MR) is 131 cm³/mol. The molecule has 1 heterocycles. The molecule has 5 nitrogen and oxygen atoms in total. The lowest BCUT2D eigenvalue weighted by atomic mass is 9.91. The zero-order valence-electron chi connectivity index (χ0n) is 18.1. The number of aliphatic carboxylic acids is 1. The summed E-state index contributed by atoms with van der Waals surface area (Å²) in [6, 6.07) is 14.1. The number of carboxylic acids is 1. The third-order valence-corrected chi connectivity index (χ3v) is 4.87. The number of aryl methyl sites for hydroxylation is 1. The molecule has 3 rings (SSSR count). The van der Waals surface area contributed by atoms with Gasteiger partial charge in [-0.1, -0.05) is 43.7 Å². The Bertz CT molecular complexity index is 1020. The number of hydrogen-bond donors (Lipinski definition) is 2. The van der Waals surface area contributed by atoms with E-state index in [2.05, 4.69) is 45.0 Å². The van der Waals surface area contributed by atoms with E-state index in [1.165, 1.54) is 5.56 Å². The van der Waals surface area contributed by atoms with E-state index >= 15 is 0 Å². The third-order valence-electron chi connectivity index (χ3n) is 4.87. The SMILES string of the molecule is Cc1ccc(-c2c(CN)c(CC(C)C)nc3ccc(OCCC(=O)O)cc23)cc1.Cl.Cl. The first-order valence-corrected chi connectivity index (χ1v) is 9.96. The molecular formula is C24H30Cl2N2O3. The Morgan fingerprint density at radius 3 is 2.39 bits per heavy atom. The first-order valence-electron chi connectivity index (χ1n) is 9.96. The van der Waals surface area contributed by atoms with Gasteiger partial charge < -0.3 is 15.6 Å². The van der Waals surface area contributed by atoms with E-state index in [1.807, 2.05) is 18.2 Å². The van der Waals surface area contributed by atoms with Crippen molar-refractivity contribution in [3.63, 3.8) is 0 Å². The Morgan fingerprint density at radius 2 is 1.81 bits per heavy atom. The van der Waals surface area contributed by atoms with Gasteiger partial charge in [0.15, 0.2) is 0 Å². The molecular weight excluding hydrogens is 435 g/mol. The van der Waals surface area contributed by atoms with Crippen LogP contribution in [-0.2, 0) is 17.8 Å². The van der Waals surface area contributed by atoms with Crippen molar-refractivity contribution < 1.29 is 14.6 Å².